The molecular formula is C12H24N2O3. The normalized spacial score (nSPS) is 29.9. The first-order chi connectivity index (χ1) is 7.81. The van der Waals surface area contributed by atoms with E-state index >= 15 is 0 Å². The van der Waals surface area contributed by atoms with Crippen molar-refractivity contribution >= 4 is 5.97 Å². The largest absolute Gasteiger partial charge is 0.480 e. The molecule has 1 unspecified atom stereocenters. The van der Waals surface area contributed by atoms with Gasteiger partial charge in [0.2, 0.25) is 0 Å². The summed E-state index contributed by atoms with van der Waals surface area (Å²) < 4.78 is 5.64. The van der Waals surface area contributed by atoms with Crippen LogP contribution in [-0.4, -0.2) is 53.4 Å². The van der Waals surface area contributed by atoms with Crippen molar-refractivity contribution in [3.8, 4) is 0 Å². The summed E-state index contributed by atoms with van der Waals surface area (Å²) in [7, 11) is 0. The Hall–Kier alpha value is -0.650. The molecule has 0 aromatic heterocycles. The number of morpholine rings is 1. The van der Waals surface area contributed by atoms with Crippen LogP contribution in [0.3, 0.4) is 0 Å². The Morgan fingerprint density at radius 3 is 2.47 bits per heavy atom. The fourth-order valence-corrected chi connectivity index (χ4v) is 2.24. The van der Waals surface area contributed by atoms with Crippen LogP contribution in [0.25, 0.3) is 0 Å². The second-order valence-corrected chi connectivity index (χ2v) is 5.34. The van der Waals surface area contributed by atoms with Crippen LogP contribution in [0.5, 0.6) is 0 Å². The topological polar surface area (TPSA) is 75.8 Å². The quantitative estimate of drug-likeness (QED) is 0.743. The van der Waals surface area contributed by atoms with E-state index in [2.05, 4.69) is 18.7 Å². The molecule has 1 aliphatic heterocycles. The van der Waals surface area contributed by atoms with Crippen LogP contribution in [0.15, 0.2) is 0 Å². The van der Waals surface area contributed by atoms with Crippen molar-refractivity contribution in [2.24, 2.45) is 5.73 Å². The number of hydrogen-bond acceptors (Lipinski definition) is 4. The number of ether oxygens (including phenoxy) is 1. The lowest BCUT2D eigenvalue weighted by Crippen LogP contribution is -2.47. The molecule has 17 heavy (non-hydrogen) atoms. The van der Waals surface area contributed by atoms with Gasteiger partial charge >= 0.3 is 5.97 Å². The molecule has 1 saturated heterocycles. The Bertz CT molecular complexity index is 258. The highest BCUT2D eigenvalue weighted by molar-refractivity contribution is 5.77. The molecule has 0 aromatic carbocycles. The van der Waals surface area contributed by atoms with Gasteiger partial charge in [-0.05, 0) is 40.2 Å². The fraction of sp³-hybridized carbons (Fsp3) is 0.917. The first-order valence-corrected chi connectivity index (χ1v) is 6.21. The molecule has 100 valence electrons. The zero-order valence-electron chi connectivity index (χ0n) is 11.0. The lowest BCUT2D eigenvalue weighted by Gasteiger charge is -2.35. The van der Waals surface area contributed by atoms with Gasteiger partial charge in [0.15, 0.2) is 0 Å². The van der Waals surface area contributed by atoms with Gasteiger partial charge in [0.05, 0.1) is 12.2 Å². The van der Waals surface area contributed by atoms with E-state index in [1.165, 1.54) is 0 Å². The summed E-state index contributed by atoms with van der Waals surface area (Å²) in [6.45, 7) is 8.41. The van der Waals surface area contributed by atoms with Crippen molar-refractivity contribution in [1.29, 1.82) is 0 Å². The molecule has 1 rings (SSSR count). The minimum Gasteiger partial charge on any atom is -0.480 e. The molecule has 0 radical (unpaired) electrons. The van der Waals surface area contributed by atoms with Crippen LogP contribution in [0.4, 0.5) is 0 Å². The lowest BCUT2D eigenvalue weighted by molar-refractivity contribution is -0.143. The first-order valence-electron chi connectivity index (χ1n) is 6.21. The van der Waals surface area contributed by atoms with Crippen molar-refractivity contribution < 1.29 is 14.6 Å². The minimum atomic E-state index is -1.11. The Balaban J connectivity index is 2.29. The molecule has 0 saturated carbocycles. The first kappa shape index (κ1) is 14.4. The van der Waals surface area contributed by atoms with Crippen LogP contribution in [0.2, 0.25) is 0 Å². The Morgan fingerprint density at radius 2 is 2.00 bits per heavy atom. The van der Waals surface area contributed by atoms with Gasteiger partial charge in [0.25, 0.3) is 0 Å². The van der Waals surface area contributed by atoms with Crippen molar-refractivity contribution in [3.05, 3.63) is 0 Å². The van der Waals surface area contributed by atoms with E-state index in [1.807, 2.05) is 0 Å². The number of carbonyl (C=O) groups is 1. The smallest absolute Gasteiger partial charge is 0.323 e. The summed E-state index contributed by atoms with van der Waals surface area (Å²) in [4.78, 5) is 13.2. The van der Waals surface area contributed by atoms with Crippen LogP contribution < -0.4 is 5.73 Å². The van der Waals surface area contributed by atoms with Crippen molar-refractivity contribution in [3.63, 3.8) is 0 Å². The molecular weight excluding hydrogens is 220 g/mol. The van der Waals surface area contributed by atoms with Gasteiger partial charge < -0.3 is 15.6 Å². The maximum atomic E-state index is 10.8. The second-order valence-electron chi connectivity index (χ2n) is 5.34. The second kappa shape index (κ2) is 5.80. The molecule has 0 amide bonds. The van der Waals surface area contributed by atoms with E-state index in [0.29, 0.717) is 6.42 Å². The number of hydrogen-bond donors (Lipinski definition) is 2. The molecule has 1 heterocycles. The van der Waals surface area contributed by atoms with Crippen LogP contribution in [0.1, 0.15) is 33.6 Å². The SMILES string of the molecule is C[C@@H]1CN(CCCC(C)(N)C(=O)O)C[C@H](C)O1. The van der Waals surface area contributed by atoms with E-state index in [9.17, 15) is 4.79 Å². The number of rotatable bonds is 5. The van der Waals surface area contributed by atoms with Gasteiger partial charge in [-0.3, -0.25) is 9.69 Å². The molecule has 0 aromatic rings. The number of carboxylic acids is 1. The van der Waals surface area contributed by atoms with Gasteiger partial charge in [0, 0.05) is 13.1 Å². The summed E-state index contributed by atoms with van der Waals surface area (Å²) in [6.07, 6.45) is 1.81. The molecule has 0 bridgehead atoms. The highest BCUT2D eigenvalue weighted by Crippen LogP contribution is 2.14. The third kappa shape index (κ3) is 4.61. The third-order valence-corrected chi connectivity index (χ3v) is 3.15. The summed E-state index contributed by atoms with van der Waals surface area (Å²) in [5.74, 6) is -0.929. The number of carboxylic acid groups (broad SMARTS) is 1. The molecule has 5 heteroatoms. The van der Waals surface area contributed by atoms with Gasteiger partial charge in [0.1, 0.15) is 5.54 Å². The van der Waals surface area contributed by atoms with Gasteiger partial charge in [-0.15, -0.1) is 0 Å². The maximum Gasteiger partial charge on any atom is 0.323 e. The van der Waals surface area contributed by atoms with Gasteiger partial charge in [-0.2, -0.15) is 0 Å². The van der Waals surface area contributed by atoms with Crippen LogP contribution in [0, 0.1) is 0 Å². The van der Waals surface area contributed by atoms with E-state index in [1.54, 1.807) is 6.92 Å². The van der Waals surface area contributed by atoms with E-state index in [4.69, 9.17) is 15.6 Å². The zero-order chi connectivity index (χ0) is 13.1. The molecule has 1 fully saturated rings. The molecule has 5 nitrogen and oxygen atoms in total. The Labute approximate surface area is 103 Å². The number of aliphatic carboxylic acids is 1. The van der Waals surface area contributed by atoms with E-state index < -0.39 is 11.5 Å². The average Bonchev–Trinajstić information content (AvgIpc) is 2.15. The zero-order valence-corrected chi connectivity index (χ0v) is 11.0. The van der Waals surface area contributed by atoms with Gasteiger partial charge in [-0.1, -0.05) is 0 Å². The predicted molar refractivity (Wildman–Crippen MR) is 65.9 cm³/mol. The number of nitrogens with two attached hydrogens (primary N) is 1. The van der Waals surface area contributed by atoms with Gasteiger partial charge in [-0.25, -0.2) is 0 Å². The molecule has 1 aliphatic rings. The minimum absolute atomic E-state index is 0.252. The van der Waals surface area contributed by atoms with E-state index in [0.717, 1.165) is 26.1 Å². The molecule has 0 spiro atoms. The molecule has 3 N–H and O–H groups in total. The summed E-state index contributed by atoms with van der Waals surface area (Å²) >= 11 is 0. The highest BCUT2D eigenvalue weighted by atomic mass is 16.5. The maximum absolute atomic E-state index is 10.8. The van der Waals surface area contributed by atoms with Crippen molar-refractivity contribution in [2.45, 2.75) is 51.4 Å². The molecule has 3 atom stereocenters. The fourth-order valence-electron chi connectivity index (χ4n) is 2.24. The summed E-state index contributed by atoms with van der Waals surface area (Å²) in [5.41, 5.74) is 4.58. The predicted octanol–water partition coefficient (Wildman–Crippen LogP) is 0.678. The standard InChI is InChI=1S/C12H24N2O3/c1-9-7-14(8-10(2)17-9)6-4-5-12(3,13)11(15)16/h9-10H,4-8,13H2,1-3H3,(H,15,16)/t9-,10+,12?. The monoisotopic (exact) mass is 244 g/mol. The third-order valence-electron chi connectivity index (χ3n) is 3.15. The van der Waals surface area contributed by atoms with Crippen molar-refractivity contribution in [1.82, 2.24) is 4.90 Å². The Morgan fingerprint density at radius 1 is 1.47 bits per heavy atom. The Kier molecular flexibility index (Phi) is 4.91. The van der Waals surface area contributed by atoms with Crippen LogP contribution in [-0.2, 0) is 9.53 Å². The average molecular weight is 244 g/mol. The molecule has 0 aliphatic carbocycles. The van der Waals surface area contributed by atoms with Crippen molar-refractivity contribution in [2.75, 3.05) is 19.6 Å². The number of nitrogens with zero attached hydrogens (tertiary/aromatic N) is 1. The summed E-state index contributed by atoms with van der Waals surface area (Å²) in [5, 5.41) is 8.90. The van der Waals surface area contributed by atoms with E-state index in [-0.39, 0.29) is 12.2 Å². The summed E-state index contributed by atoms with van der Waals surface area (Å²) in [6, 6.07) is 0. The highest BCUT2D eigenvalue weighted by Gasteiger charge is 2.28. The van der Waals surface area contributed by atoms with Crippen LogP contribution >= 0.6 is 0 Å². The lowest BCUT2D eigenvalue weighted by atomic mass is 9.97.